The van der Waals surface area contributed by atoms with Crippen molar-refractivity contribution in [3.63, 3.8) is 0 Å². The van der Waals surface area contributed by atoms with Gasteiger partial charge in [0.1, 0.15) is 11.5 Å². The van der Waals surface area contributed by atoms with Gasteiger partial charge in [-0.15, -0.1) is 0 Å². The Morgan fingerprint density at radius 3 is 1.35 bits per heavy atom. The molecule has 0 unspecified atom stereocenters. The highest BCUT2D eigenvalue weighted by Gasteiger charge is 2.26. The minimum Gasteiger partial charge on any atom is -0.497 e. The van der Waals surface area contributed by atoms with Crippen LogP contribution in [0.2, 0.25) is 0 Å². The molecular weight excluding hydrogens is 248 g/mol. The van der Waals surface area contributed by atoms with E-state index in [1.54, 1.807) is 14.2 Å². The second-order valence-corrected chi connectivity index (χ2v) is 5.14. The van der Waals surface area contributed by atoms with Gasteiger partial charge in [-0.2, -0.15) is 0 Å². The van der Waals surface area contributed by atoms with Crippen LogP contribution in [-0.4, -0.2) is 14.2 Å². The molecule has 0 aliphatic carbocycles. The maximum atomic E-state index is 5.23. The molecular formula is C18H22O2. The number of hydrogen-bond acceptors (Lipinski definition) is 2. The fourth-order valence-corrected chi connectivity index (χ4v) is 2.49. The molecule has 0 atom stereocenters. The molecule has 0 saturated carbocycles. The molecule has 0 heterocycles. The first-order valence-electron chi connectivity index (χ1n) is 6.93. The third-order valence-corrected chi connectivity index (χ3v) is 4.16. The smallest absolute Gasteiger partial charge is 0.118 e. The summed E-state index contributed by atoms with van der Waals surface area (Å²) in [4.78, 5) is 0. The first-order valence-corrected chi connectivity index (χ1v) is 6.93. The molecule has 0 saturated heterocycles. The van der Waals surface area contributed by atoms with Crippen LogP contribution in [0.3, 0.4) is 0 Å². The Bertz CT molecular complexity index is 493. The topological polar surface area (TPSA) is 18.5 Å². The minimum absolute atomic E-state index is 0.00145. The predicted octanol–water partition coefficient (Wildman–Crippen LogP) is 4.42. The molecule has 0 aliphatic heterocycles. The predicted molar refractivity (Wildman–Crippen MR) is 82.7 cm³/mol. The van der Waals surface area contributed by atoms with Crippen LogP contribution in [0.5, 0.6) is 11.5 Å². The summed E-state index contributed by atoms with van der Waals surface area (Å²) in [5.74, 6) is 1.78. The normalized spacial score (nSPS) is 11.2. The molecule has 106 valence electrons. The molecule has 20 heavy (non-hydrogen) atoms. The van der Waals surface area contributed by atoms with E-state index in [9.17, 15) is 0 Å². The number of ether oxygens (including phenoxy) is 2. The maximum Gasteiger partial charge on any atom is 0.118 e. The van der Waals surface area contributed by atoms with E-state index in [0.717, 1.165) is 17.9 Å². The highest BCUT2D eigenvalue weighted by molar-refractivity contribution is 5.42. The van der Waals surface area contributed by atoms with Gasteiger partial charge in [-0.05, 0) is 41.8 Å². The molecule has 0 aromatic heterocycles. The highest BCUT2D eigenvalue weighted by Crippen LogP contribution is 2.36. The molecule has 0 radical (unpaired) electrons. The van der Waals surface area contributed by atoms with Crippen LogP contribution in [0.4, 0.5) is 0 Å². The van der Waals surface area contributed by atoms with Crippen molar-refractivity contribution in [2.24, 2.45) is 0 Å². The minimum atomic E-state index is -0.00145. The van der Waals surface area contributed by atoms with Crippen molar-refractivity contribution in [3.8, 4) is 11.5 Å². The SMILES string of the molecule is CCC(C)(c1ccc(OC)cc1)c1ccc(OC)cc1. The lowest BCUT2D eigenvalue weighted by atomic mass is 9.74. The van der Waals surface area contributed by atoms with Gasteiger partial charge in [0.2, 0.25) is 0 Å². The van der Waals surface area contributed by atoms with Gasteiger partial charge in [-0.25, -0.2) is 0 Å². The van der Waals surface area contributed by atoms with Gasteiger partial charge in [0.25, 0.3) is 0 Å². The summed E-state index contributed by atoms with van der Waals surface area (Å²) < 4.78 is 10.5. The Labute approximate surface area is 121 Å². The van der Waals surface area contributed by atoms with Crippen LogP contribution in [0.1, 0.15) is 31.4 Å². The summed E-state index contributed by atoms with van der Waals surface area (Å²) in [6.45, 7) is 4.49. The first-order chi connectivity index (χ1) is 9.63. The van der Waals surface area contributed by atoms with Crippen molar-refractivity contribution < 1.29 is 9.47 Å². The number of rotatable bonds is 5. The number of hydrogen-bond donors (Lipinski definition) is 0. The molecule has 0 spiro atoms. The summed E-state index contributed by atoms with van der Waals surface area (Å²) in [5, 5.41) is 0. The Morgan fingerprint density at radius 1 is 0.750 bits per heavy atom. The van der Waals surface area contributed by atoms with Crippen LogP contribution in [0.25, 0.3) is 0 Å². The average Bonchev–Trinajstić information content (AvgIpc) is 2.54. The fraction of sp³-hybridized carbons (Fsp3) is 0.333. The van der Waals surface area contributed by atoms with Crippen molar-refractivity contribution in [2.45, 2.75) is 25.7 Å². The van der Waals surface area contributed by atoms with Crippen LogP contribution in [0.15, 0.2) is 48.5 Å². The maximum absolute atomic E-state index is 5.23. The zero-order valence-corrected chi connectivity index (χ0v) is 12.6. The molecule has 0 amide bonds. The van der Waals surface area contributed by atoms with E-state index in [0.29, 0.717) is 0 Å². The summed E-state index contributed by atoms with van der Waals surface area (Å²) >= 11 is 0. The van der Waals surface area contributed by atoms with Crippen molar-refractivity contribution in [1.82, 2.24) is 0 Å². The largest absolute Gasteiger partial charge is 0.497 e. The summed E-state index contributed by atoms with van der Waals surface area (Å²) in [7, 11) is 3.38. The second-order valence-electron chi connectivity index (χ2n) is 5.14. The van der Waals surface area contributed by atoms with Gasteiger partial charge < -0.3 is 9.47 Å². The van der Waals surface area contributed by atoms with E-state index in [1.165, 1.54) is 11.1 Å². The Morgan fingerprint density at radius 2 is 1.10 bits per heavy atom. The molecule has 2 aromatic carbocycles. The standard InChI is InChI=1S/C18H22O2/c1-5-18(2,14-6-10-16(19-3)11-7-14)15-8-12-17(20-4)13-9-15/h6-13H,5H2,1-4H3. The Kier molecular flexibility index (Phi) is 4.33. The fourth-order valence-electron chi connectivity index (χ4n) is 2.49. The first kappa shape index (κ1) is 14.4. The summed E-state index contributed by atoms with van der Waals surface area (Å²) in [6.07, 6.45) is 1.03. The monoisotopic (exact) mass is 270 g/mol. The highest BCUT2D eigenvalue weighted by atomic mass is 16.5. The molecule has 0 N–H and O–H groups in total. The van der Waals surface area contributed by atoms with E-state index < -0.39 is 0 Å². The van der Waals surface area contributed by atoms with E-state index in [1.807, 2.05) is 24.3 Å². The quantitative estimate of drug-likeness (QED) is 0.800. The number of benzene rings is 2. The molecule has 2 rings (SSSR count). The zero-order valence-electron chi connectivity index (χ0n) is 12.6. The van der Waals surface area contributed by atoms with Gasteiger partial charge in [-0.3, -0.25) is 0 Å². The summed E-state index contributed by atoms with van der Waals surface area (Å²) in [5.41, 5.74) is 2.59. The lowest BCUT2D eigenvalue weighted by molar-refractivity contribution is 0.413. The molecule has 0 fully saturated rings. The second kappa shape index (κ2) is 6.00. The third kappa shape index (κ3) is 2.64. The van der Waals surface area contributed by atoms with Crippen LogP contribution >= 0.6 is 0 Å². The van der Waals surface area contributed by atoms with Gasteiger partial charge >= 0.3 is 0 Å². The molecule has 2 aromatic rings. The van der Waals surface area contributed by atoms with Gasteiger partial charge in [0.15, 0.2) is 0 Å². The van der Waals surface area contributed by atoms with Crippen molar-refractivity contribution in [1.29, 1.82) is 0 Å². The van der Waals surface area contributed by atoms with Crippen molar-refractivity contribution in [3.05, 3.63) is 59.7 Å². The number of methoxy groups -OCH3 is 2. The van der Waals surface area contributed by atoms with E-state index in [-0.39, 0.29) is 5.41 Å². The van der Waals surface area contributed by atoms with Gasteiger partial charge in [0.05, 0.1) is 14.2 Å². The van der Waals surface area contributed by atoms with Crippen LogP contribution < -0.4 is 9.47 Å². The third-order valence-electron chi connectivity index (χ3n) is 4.16. The van der Waals surface area contributed by atoms with Crippen LogP contribution in [-0.2, 0) is 5.41 Å². The van der Waals surface area contributed by atoms with E-state index >= 15 is 0 Å². The molecule has 0 aliphatic rings. The lowest BCUT2D eigenvalue weighted by Crippen LogP contribution is -2.22. The summed E-state index contributed by atoms with van der Waals surface area (Å²) in [6, 6.07) is 16.7. The Hall–Kier alpha value is -1.96. The zero-order chi connectivity index (χ0) is 14.6. The van der Waals surface area contributed by atoms with E-state index in [4.69, 9.17) is 9.47 Å². The average molecular weight is 270 g/mol. The van der Waals surface area contributed by atoms with Crippen molar-refractivity contribution in [2.75, 3.05) is 14.2 Å². The molecule has 0 bridgehead atoms. The molecule has 2 heteroatoms. The van der Waals surface area contributed by atoms with Gasteiger partial charge in [0, 0.05) is 5.41 Å². The van der Waals surface area contributed by atoms with Crippen LogP contribution in [0, 0.1) is 0 Å². The van der Waals surface area contributed by atoms with Gasteiger partial charge in [-0.1, -0.05) is 38.1 Å². The van der Waals surface area contributed by atoms with Crippen molar-refractivity contribution >= 4 is 0 Å². The lowest BCUT2D eigenvalue weighted by Gasteiger charge is -2.30. The Balaban J connectivity index is 2.39. The molecule has 2 nitrogen and oxygen atoms in total. The van der Waals surface area contributed by atoms with E-state index in [2.05, 4.69) is 38.1 Å².